The van der Waals surface area contributed by atoms with E-state index in [0.717, 1.165) is 41.1 Å². The van der Waals surface area contributed by atoms with Gasteiger partial charge in [-0.2, -0.15) is 5.26 Å². The van der Waals surface area contributed by atoms with Gasteiger partial charge in [0.05, 0.1) is 28.3 Å². The molecule has 7 heteroatoms. The summed E-state index contributed by atoms with van der Waals surface area (Å²) < 4.78 is 5.84. The molecule has 2 N–H and O–H groups in total. The molecular weight excluding hydrogens is 422 g/mol. The van der Waals surface area contributed by atoms with Gasteiger partial charge in [-0.1, -0.05) is 17.8 Å². The number of carbonyl (C=O) groups is 2. The third-order valence-electron chi connectivity index (χ3n) is 5.85. The lowest BCUT2D eigenvalue weighted by Gasteiger charge is -2.32. The van der Waals surface area contributed by atoms with Crippen molar-refractivity contribution in [3.05, 3.63) is 74.9 Å². The van der Waals surface area contributed by atoms with Crippen molar-refractivity contribution in [1.29, 1.82) is 5.26 Å². The van der Waals surface area contributed by atoms with Crippen molar-refractivity contribution in [2.24, 2.45) is 0 Å². The van der Waals surface area contributed by atoms with Crippen LogP contribution >= 0.6 is 11.8 Å². The maximum absolute atomic E-state index is 12.8. The van der Waals surface area contributed by atoms with Gasteiger partial charge in [0, 0.05) is 23.4 Å². The van der Waals surface area contributed by atoms with Crippen LogP contribution in [0.4, 0.5) is 5.69 Å². The van der Waals surface area contributed by atoms with Crippen LogP contribution in [0.5, 0.6) is 0 Å². The molecule has 0 saturated carbocycles. The van der Waals surface area contributed by atoms with E-state index in [2.05, 4.69) is 16.7 Å². The quantitative estimate of drug-likeness (QED) is 0.669. The van der Waals surface area contributed by atoms with Crippen LogP contribution in [0.15, 0.2) is 56.6 Å². The fraction of sp³-hybridized carbons (Fsp3) is 0.320. The molecule has 2 aliphatic rings. The minimum atomic E-state index is -0.539. The Kier molecular flexibility index (Phi) is 6.24. The van der Waals surface area contributed by atoms with E-state index < -0.39 is 5.92 Å². The smallest absolute Gasteiger partial charge is 0.234 e. The van der Waals surface area contributed by atoms with Crippen molar-refractivity contribution < 1.29 is 14.0 Å². The van der Waals surface area contributed by atoms with Crippen LogP contribution in [0, 0.1) is 32.1 Å². The molecule has 1 atom stereocenters. The number of benzene rings is 1. The lowest BCUT2D eigenvalue weighted by molar-refractivity contribution is -0.116. The molecule has 0 saturated heterocycles. The molecule has 32 heavy (non-hydrogen) atoms. The molecule has 1 aromatic carbocycles. The minimum absolute atomic E-state index is 0.0436. The number of nitriles is 1. The van der Waals surface area contributed by atoms with Crippen molar-refractivity contribution in [2.75, 3.05) is 11.1 Å². The number of carbonyl (C=O) groups excluding carboxylic acids is 2. The topological polar surface area (TPSA) is 95.1 Å². The zero-order chi connectivity index (χ0) is 22.8. The largest absolute Gasteiger partial charge is 0.465 e. The molecule has 6 nitrogen and oxygen atoms in total. The van der Waals surface area contributed by atoms with Gasteiger partial charge < -0.3 is 15.1 Å². The van der Waals surface area contributed by atoms with Gasteiger partial charge in [0.1, 0.15) is 11.5 Å². The second kappa shape index (κ2) is 9.09. The maximum Gasteiger partial charge on any atom is 0.234 e. The molecule has 1 amide bonds. The number of Topliss-reactive ketones (excluding diaryl/α,β-unsaturated/α-hetero) is 1. The molecule has 0 bridgehead atoms. The summed E-state index contributed by atoms with van der Waals surface area (Å²) >= 11 is 1.27. The number of thioether (sulfide) groups is 1. The Bertz CT molecular complexity index is 1200. The first-order valence-electron chi connectivity index (χ1n) is 10.6. The van der Waals surface area contributed by atoms with Crippen LogP contribution in [0.3, 0.4) is 0 Å². The fourth-order valence-corrected chi connectivity index (χ4v) is 4.95. The summed E-state index contributed by atoms with van der Waals surface area (Å²) in [6.07, 6.45) is 1.97. The van der Waals surface area contributed by atoms with Crippen molar-refractivity contribution >= 4 is 29.1 Å². The Morgan fingerprint density at radius 1 is 1.22 bits per heavy atom. The first-order chi connectivity index (χ1) is 15.4. The molecule has 0 spiro atoms. The number of anilines is 1. The van der Waals surface area contributed by atoms with E-state index in [1.54, 1.807) is 0 Å². The fourth-order valence-electron chi connectivity index (χ4n) is 4.08. The molecule has 164 valence electrons. The molecule has 2 heterocycles. The highest BCUT2D eigenvalue weighted by atomic mass is 32.2. The number of hydrogen-bond donors (Lipinski definition) is 2. The van der Waals surface area contributed by atoms with Gasteiger partial charge in [-0.25, -0.2) is 0 Å². The lowest BCUT2D eigenvalue weighted by Crippen LogP contribution is -2.31. The van der Waals surface area contributed by atoms with E-state index in [0.29, 0.717) is 28.4 Å². The van der Waals surface area contributed by atoms with Crippen LogP contribution in [-0.2, 0) is 9.59 Å². The molecule has 0 fully saturated rings. The normalized spacial score (nSPS) is 18.2. The average Bonchev–Trinajstić information content (AvgIpc) is 3.20. The summed E-state index contributed by atoms with van der Waals surface area (Å²) in [5, 5.41) is 16.8. The number of rotatable bonds is 5. The predicted octanol–water partition coefficient (Wildman–Crippen LogP) is 5.01. The Morgan fingerprint density at radius 3 is 2.72 bits per heavy atom. The van der Waals surface area contributed by atoms with E-state index in [-0.39, 0.29) is 17.4 Å². The molecule has 0 radical (unpaired) electrons. The maximum atomic E-state index is 12.8. The summed E-state index contributed by atoms with van der Waals surface area (Å²) in [5.74, 6) is 0.796. The van der Waals surface area contributed by atoms with Gasteiger partial charge in [-0.05, 0) is 69.0 Å². The number of nitrogens with zero attached hydrogens (tertiary/aromatic N) is 1. The van der Waals surface area contributed by atoms with E-state index in [1.807, 2.05) is 51.1 Å². The van der Waals surface area contributed by atoms with E-state index in [9.17, 15) is 14.9 Å². The molecule has 1 aliphatic heterocycles. The summed E-state index contributed by atoms with van der Waals surface area (Å²) in [7, 11) is 0. The van der Waals surface area contributed by atoms with Crippen LogP contribution in [0.25, 0.3) is 0 Å². The number of dihydropyridines is 1. The zero-order valence-corrected chi connectivity index (χ0v) is 19.2. The van der Waals surface area contributed by atoms with Gasteiger partial charge in [0.25, 0.3) is 0 Å². The average molecular weight is 448 g/mol. The Balaban J connectivity index is 1.58. The monoisotopic (exact) mass is 447 g/mol. The third-order valence-corrected chi connectivity index (χ3v) is 6.86. The Hall–Kier alpha value is -3.24. The van der Waals surface area contributed by atoms with Crippen molar-refractivity contribution in [2.45, 2.75) is 46.0 Å². The van der Waals surface area contributed by atoms with Crippen molar-refractivity contribution in [3.63, 3.8) is 0 Å². The molecular formula is C25H25N3O3S. The van der Waals surface area contributed by atoms with Crippen LogP contribution in [-0.4, -0.2) is 17.4 Å². The minimum Gasteiger partial charge on any atom is -0.465 e. The third kappa shape index (κ3) is 4.37. The number of aryl methyl sites for hydroxylation is 3. The van der Waals surface area contributed by atoms with Gasteiger partial charge in [0.15, 0.2) is 5.78 Å². The highest BCUT2D eigenvalue weighted by Gasteiger charge is 2.38. The molecule has 0 unspecified atom stereocenters. The summed E-state index contributed by atoms with van der Waals surface area (Å²) in [6, 6.07) is 11.7. The second-order valence-electron chi connectivity index (χ2n) is 8.17. The van der Waals surface area contributed by atoms with Crippen LogP contribution in [0.2, 0.25) is 0 Å². The summed E-state index contributed by atoms with van der Waals surface area (Å²) in [5.41, 5.74) is 4.88. The van der Waals surface area contributed by atoms with Gasteiger partial charge in [-0.15, -0.1) is 0 Å². The Labute approximate surface area is 191 Å². The van der Waals surface area contributed by atoms with Crippen molar-refractivity contribution in [1.82, 2.24) is 5.32 Å². The number of ketones is 1. The van der Waals surface area contributed by atoms with E-state index in [4.69, 9.17) is 4.42 Å². The highest BCUT2D eigenvalue weighted by molar-refractivity contribution is 8.03. The molecule has 1 aliphatic carbocycles. The SMILES string of the molecule is Cc1ccc([C@H]2C(C#N)=C(SCC(=O)Nc3ccc(C)c(C)c3)NC3=C2C(=O)CCC3)o1. The first kappa shape index (κ1) is 22.0. The predicted molar refractivity (Wildman–Crippen MR) is 125 cm³/mol. The highest BCUT2D eigenvalue weighted by Crippen LogP contribution is 2.44. The second-order valence-corrected chi connectivity index (χ2v) is 9.15. The molecule has 4 rings (SSSR count). The number of allylic oxidation sites excluding steroid dienone is 3. The van der Waals surface area contributed by atoms with Gasteiger partial charge in [-0.3, -0.25) is 9.59 Å². The van der Waals surface area contributed by atoms with E-state index in [1.165, 1.54) is 11.8 Å². The lowest BCUT2D eigenvalue weighted by atomic mass is 9.79. The van der Waals surface area contributed by atoms with Crippen LogP contribution < -0.4 is 10.6 Å². The van der Waals surface area contributed by atoms with Crippen molar-refractivity contribution in [3.8, 4) is 6.07 Å². The molecule has 2 aromatic rings. The molecule has 1 aromatic heterocycles. The standard InChI is InChI=1S/C25H25N3O3S/c1-14-7-9-17(11-15(14)2)27-22(30)13-32-25-18(12-26)23(21-10-8-16(3)31-21)24-19(28-25)5-4-6-20(24)29/h7-11,23,28H,4-6,13H2,1-3H3,(H,27,30)/t23-/m1/s1. The summed E-state index contributed by atoms with van der Waals surface area (Å²) in [4.78, 5) is 25.4. The first-order valence-corrected chi connectivity index (χ1v) is 11.6. The number of hydrogen-bond acceptors (Lipinski definition) is 6. The summed E-state index contributed by atoms with van der Waals surface area (Å²) in [6.45, 7) is 5.87. The number of nitrogens with one attached hydrogen (secondary N) is 2. The van der Waals surface area contributed by atoms with E-state index >= 15 is 0 Å². The van der Waals surface area contributed by atoms with Crippen LogP contribution in [0.1, 0.15) is 47.8 Å². The van der Waals surface area contributed by atoms with Gasteiger partial charge in [0.2, 0.25) is 5.91 Å². The Morgan fingerprint density at radius 2 is 2.03 bits per heavy atom. The number of furan rings is 1. The zero-order valence-electron chi connectivity index (χ0n) is 18.4. The van der Waals surface area contributed by atoms with Gasteiger partial charge >= 0.3 is 0 Å². The number of amides is 1.